The van der Waals surface area contributed by atoms with E-state index in [1.807, 2.05) is 22.7 Å². The molecule has 0 unspecified atom stereocenters. The van der Waals surface area contributed by atoms with Crippen LogP contribution >= 0.6 is 22.7 Å². The third-order valence-corrected chi connectivity index (χ3v) is 17.1. The highest BCUT2D eigenvalue weighted by Crippen LogP contribution is 2.51. The van der Waals surface area contributed by atoms with Gasteiger partial charge in [0, 0.05) is 52.5 Å². The summed E-state index contributed by atoms with van der Waals surface area (Å²) >= 11 is 4.02. The molecular weight excluding hydrogens is 848 g/mol. The maximum Gasteiger partial charge on any atom is 0.277 e. The summed E-state index contributed by atoms with van der Waals surface area (Å²) in [6, 6.07) is 63.3. The molecule has 67 heavy (non-hydrogen) atoms. The largest absolute Gasteiger partial charge is 0.310 e. The van der Waals surface area contributed by atoms with E-state index >= 15 is 0 Å². The molecule has 13 rings (SSSR count). The van der Waals surface area contributed by atoms with E-state index in [4.69, 9.17) is 0 Å². The minimum Gasteiger partial charge on any atom is -0.310 e. The molecule has 0 saturated carbocycles. The number of fused-ring (bicyclic) bond motifs is 14. The van der Waals surface area contributed by atoms with Crippen molar-refractivity contribution in [3.8, 4) is 11.1 Å². The fraction of sp³-hybridized carbons (Fsp3) is 0.161. The van der Waals surface area contributed by atoms with Gasteiger partial charge in [-0.2, -0.15) is 0 Å². The molecule has 2 nitrogen and oxygen atoms in total. The van der Waals surface area contributed by atoms with E-state index in [1.54, 1.807) is 0 Å². The molecule has 0 atom stereocenters. The van der Waals surface area contributed by atoms with Crippen LogP contribution in [0, 0.1) is 6.92 Å². The van der Waals surface area contributed by atoms with Gasteiger partial charge in [-0.1, -0.05) is 143 Å². The van der Waals surface area contributed by atoms with Crippen LogP contribution in [0.2, 0.25) is 0 Å². The van der Waals surface area contributed by atoms with E-state index in [0.717, 1.165) is 38.5 Å². The second kappa shape index (κ2) is 16.0. The smallest absolute Gasteiger partial charge is 0.277 e. The van der Waals surface area contributed by atoms with Gasteiger partial charge < -0.3 is 9.80 Å². The van der Waals surface area contributed by atoms with Crippen molar-refractivity contribution >= 4 is 131 Å². The molecule has 0 spiro atoms. The molecule has 2 aromatic heterocycles. The van der Waals surface area contributed by atoms with Crippen molar-refractivity contribution in [1.29, 1.82) is 0 Å². The van der Waals surface area contributed by atoms with Crippen LogP contribution in [0.1, 0.15) is 62.3 Å². The number of rotatable bonds is 9. The summed E-state index contributed by atoms with van der Waals surface area (Å²) in [6.45, 7) is 9.25. The summed E-state index contributed by atoms with van der Waals surface area (Å²) in [5, 5.41) is 10.5. The number of benzene rings is 9. The van der Waals surface area contributed by atoms with E-state index in [0.29, 0.717) is 0 Å². The molecule has 0 saturated heterocycles. The predicted octanol–water partition coefficient (Wildman–Crippen LogP) is 16.5. The average Bonchev–Trinajstić information content (AvgIpc) is 3.93. The van der Waals surface area contributed by atoms with Crippen LogP contribution < -0.4 is 24.8 Å². The van der Waals surface area contributed by atoms with E-state index in [9.17, 15) is 0 Å². The molecule has 9 aromatic carbocycles. The van der Waals surface area contributed by atoms with E-state index < -0.39 is 0 Å². The monoisotopic (exact) mass is 898 g/mol. The second-order valence-electron chi connectivity index (χ2n) is 18.8. The first kappa shape index (κ1) is 40.6. The summed E-state index contributed by atoms with van der Waals surface area (Å²) in [4.78, 5) is 5.28. The van der Waals surface area contributed by atoms with E-state index in [2.05, 4.69) is 201 Å². The third kappa shape index (κ3) is 6.20. The van der Waals surface area contributed by atoms with Gasteiger partial charge in [0.05, 0.1) is 11.4 Å². The minimum absolute atomic E-state index is 0.102. The lowest BCUT2D eigenvalue weighted by atomic mass is 9.39. The van der Waals surface area contributed by atoms with Crippen molar-refractivity contribution in [2.24, 2.45) is 0 Å². The molecule has 0 bridgehead atoms. The Morgan fingerprint density at radius 3 is 1.48 bits per heavy atom. The SMILES string of the molecule is CCCc1ccc(N2c3cccc4c3B(c3sc5ccc(CCC)cc5c32)c2sc3ccc(CCC)cc3c2N4c2ccc(C)c(-c3cccc4c5ccccc5c5ccccc5c34)c2)cc1. The van der Waals surface area contributed by atoms with Crippen LogP contribution in [0.15, 0.2) is 164 Å². The van der Waals surface area contributed by atoms with Crippen molar-refractivity contribution < 1.29 is 0 Å². The van der Waals surface area contributed by atoms with Crippen LogP contribution in [0.5, 0.6) is 0 Å². The number of anilines is 6. The first-order valence-corrected chi connectivity index (χ1v) is 26.0. The van der Waals surface area contributed by atoms with Crippen LogP contribution in [0.3, 0.4) is 0 Å². The topological polar surface area (TPSA) is 6.48 Å². The van der Waals surface area contributed by atoms with Crippen LogP contribution in [0.4, 0.5) is 34.1 Å². The quantitative estimate of drug-likeness (QED) is 0.105. The lowest BCUT2D eigenvalue weighted by Crippen LogP contribution is -2.59. The Hall–Kier alpha value is -6.66. The number of nitrogens with zero attached hydrogens (tertiary/aromatic N) is 2. The van der Waals surface area contributed by atoms with Crippen molar-refractivity contribution in [1.82, 2.24) is 0 Å². The molecular formula is C62H51BN2S2. The zero-order valence-corrected chi connectivity index (χ0v) is 40.3. The first-order valence-electron chi connectivity index (χ1n) is 24.4. The summed E-state index contributed by atoms with van der Waals surface area (Å²) < 4.78 is 5.60. The maximum absolute atomic E-state index is 2.65. The Morgan fingerprint density at radius 2 is 0.896 bits per heavy atom. The van der Waals surface area contributed by atoms with Crippen molar-refractivity contribution in [2.45, 2.75) is 66.2 Å². The number of hydrogen-bond donors (Lipinski definition) is 0. The second-order valence-corrected chi connectivity index (χ2v) is 21.0. The molecule has 0 radical (unpaired) electrons. The lowest BCUT2D eigenvalue weighted by molar-refractivity contribution is 0.922. The Kier molecular flexibility index (Phi) is 9.70. The summed E-state index contributed by atoms with van der Waals surface area (Å²) in [5.41, 5.74) is 17.1. The molecule has 0 N–H and O–H groups in total. The predicted molar refractivity (Wildman–Crippen MR) is 296 cm³/mol. The highest BCUT2D eigenvalue weighted by atomic mass is 32.1. The Bertz CT molecular complexity index is 3740. The van der Waals surface area contributed by atoms with Crippen molar-refractivity contribution in [3.63, 3.8) is 0 Å². The van der Waals surface area contributed by atoms with Gasteiger partial charge in [0.15, 0.2) is 0 Å². The molecule has 324 valence electrons. The fourth-order valence-electron chi connectivity index (χ4n) is 11.7. The normalized spacial score (nSPS) is 13.0. The average molecular weight is 899 g/mol. The molecule has 0 aliphatic carbocycles. The molecule has 0 fully saturated rings. The van der Waals surface area contributed by atoms with Gasteiger partial charge in [-0.3, -0.25) is 0 Å². The van der Waals surface area contributed by atoms with Crippen LogP contribution in [-0.4, -0.2) is 6.71 Å². The summed E-state index contributed by atoms with van der Waals surface area (Å²) in [5.74, 6) is 0. The molecule has 5 heteroatoms. The Balaban J connectivity index is 1.09. The van der Waals surface area contributed by atoms with Gasteiger partial charge in [0.2, 0.25) is 0 Å². The molecule has 2 aliphatic heterocycles. The van der Waals surface area contributed by atoms with E-state index in [-0.39, 0.29) is 6.71 Å². The molecule has 0 amide bonds. The van der Waals surface area contributed by atoms with Crippen LogP contribution in [-0.2, 0) is 19.3 Å². The standard InChI is InChI=1S/C62H51BN2S2/c1-5-14-39-26-31-42(32-27-39)64-53-23-13-24-54-58(53)63(61-59(64)51-35-40(15-6-2)28-33-55(51)66-61)62-60(52-36-41(16-7-3)29-34-56(52)67-62)65(54)43-30-25-38(4)50(37-43)49-22-12-21-48-46-18-9-8-17-44(46)45-19-10-11-20-47(45)57(48)49/h8-13,17-37H,5-7,14-16H2,1-4H3. The highest BCUT2D eigenvalue weighted by Gasteiger charge is 2.47. The highest BCUT2D eigenvalue weighted by molar-refractivity contribution is 7.40. The number of hydrogen-bond acceptors (Lipinski definition) is 4. The molecule has 11 aromatic rings. The van der Waals surface area contributed by atoms with Gasteiger partial charge in [0.1, 0.15) is 0 Å². The van der Waals surface area contributed by atoms with Crippen LogP contribution in [0.25, 0.3) is 63.6 Å². The molecule has 4 heterocycles. The summed E-state index contributed by atoms with van der Waals surface area (Å²) in [6.07, 6.45) is 6.62. The van der Waals surface area contributed by atoms with Gasteiger partial charge in [-0.15, -0.1) is 22.7 Å². The third-order valence-electron chi connectivity index (χ3n) is 14.7. The number of aryl methyl sites for hydroxylation is 4. The lowest BCUT2D eigenvalue weighted by Gasteiger charge is -2.42. The first-order chi connectivity index (χ1) is 33.0. The Morgan fingerprint density at radius 1 is 0.418 bits per heavy atom. The number of thiophene rings is 2. The maximum atomic E-state index is 2.65. The van der Waals surface area contributed by atoms with Gasteiger partial charge in [-0.05, 0) is 158 Å². The van der Waals surface area contributed by atoms with Gasteiger partial charge in [-0.25, -0.2) is 0 Å². The minimum atomic E-state index is 0.102. The van der Waals surface area contributed by atoms with Crippen molar-refractivity contribution in [3.05, 3.63) is 186 Å². The van der Waals surface area contributed by atoms with Gasteiger partial charge >= 0.3 is 0 Å². The zero-order valence-electron chi connectivity index (χ0n) is 38.6. The van der Waals surface area contributed by atoms with Gasteiger partial charge in [0.25, 0.3) is 6.71 Å². The fourth-order valence-corrected chi connectivity index (χ4v) is 14.4. The summed E-state index contributed by atoms with van der Waals surface area (Å²) in [7, 11) is 0. The van der Waals surface area contributed by atoms with Crippen molar-refractivity contribution in [2.75, 3.05) is 9.80 Å². The zero-order chi connectivity index (χ0) is 44.9. The Labute approximate surface area is 401 Å². The molecule has 2 aliphatic rings. The van der Waals surface area contributed by atoms with E-state index in [1.165, 1.54) is 135 Å².